The molecule has 0 heterocycles. The van der Waals surface area contributed by atoms with Gasteiger partial charge in [0.15, 0.2) is 0 Å². The molecule has 0 rings (SSSR count). The molecular weight excluding hydrogens is 372 g/mol. The average Bonchev–Trinajstić information content (AvgIpc) is 2.75. The van der Waals surface area contributed by atoms with E-state index in [0.717, 1.165) is 64.2 Å². The lowest BCUT2D eigenvalue weighted by Gasteiger charge is -2.40. The molecule has 3 heteroatoms. The molecule has 0 aromatic carbocycles. The molecule has 0 bridgehead atoms. The highest BCUT2D eigenvalue weighted by atomic mass is 16.9. The summed E-state index contributed by atoms with van der Waals surface area (Å²) in [5.41, 5.74) is 0. The molecule has 0 amide bonds. The third-order valence-electron chi connectivity index (χ3n) is 5.77. The topological polar surface area (TPSA) is 27.7 Å². The highest BCUT2D eigenvalue weighted by Crippen LogP contribution is 2.35. The normalized spacial score (nSPS) is 12.9. The Hall–Kier alpha value is -0.380. The van der Waals surface area contributed by atoms with Gasteiger partial charge in [0.1, 0.15) is 0 Å². The first-order chi connectivity index (χ1) is 14.7. The molecule has 0 radical (unpaired) electrons. The van der Waals surface area contributed by atoms with Crippen LogP contribution in [0.2, 0.25) is 0 Å². The smallest absolute Gasteiger partial charge is 0.285 e. The molecule has 0 aliphatic carbocycles. The number of hydrogen-bond acceptors (Lipinski definition) is 3. The van der Waals surface area contributed by atoms with Crippen molar-refractivity contribution in [3.63, 3.8) is 0 Å². The molecule has 1 unspecified atom stereocenters. The van der Waals surface area contributed by atoms with E-state index in [4.69, 9.17) is 14.2 Å². The number of unbranched alkanes of at least 4 members (excludes halogenated alkanes) is 9. The van der Waals surface area contributed by atoms with Crippen LogP contribution in [-0.2, 0) is 14.2 Å². The van der Waals surface area contributed by atoms with Gasteiger partial charge in [-0.3, -0.25) is 0 Å². The Morgan fingerprint density at radius 3 is 1.50 bits per heavy atom. The average molecular weight is 427 g/mol. The van der Waals surface area contributed by atoms with Crippen LogP contribution in [-0.4, -0.2) is 25.8 Å². The van der Waals surface area contributed by atoms with Gasteiger partial charge in [0.05, 0.1) is 19.8 Å². The van der Waals surface area contributed by atoms with Crippen LogP contribution in [0.4, 0.5) is 0 Å². The predicted octanol–water partition coefficient (Wildman–Crippen LogP) is 8.81. The minimum absolute atomic E-state index is 0.286. The van der Waals surface area contributed by atoms with Gasteiger partial charge in [-0.05, 0) is 44.9 Å². The van der Waals surface area contributed by atoms with E-state index in [-0.39, 0.29) is 5.92 Å². The SMILES string of the molecule is C=CCCCC(CCCCCCCC)C(OCCCC)(OCCCC)OCCCC. The van der Waals surface area contributed by atoms with Gasteiger partial charge in [0.25, 0.3) is 5.97 Å². The standard InChI is InChI=1S/C27H54O3/c1-6-11-16-17-18-20-22-26(21-19-12-7-2)27(28-23-13-8-3,29-24-14-9-4)30-25-15-10-5/h7,26H,2,6,8-25H2,1,3-5H3. The Balaban J connectivity index is 5.27. The number of allylic oxidation sites excluding steroid dienone is 1. The van der Waals surface area contributed by atoms with Crippen LogP contribution in [0.25, 0.3) is 0 Å². The molecule has 3 nitrogen and oxygen atoms in total. The van der Waals surface area contributed by atoms with Crippen molar-refractivity contribution >= 4 is 0 Å². The maximum atomic E-state index is 6.48. The van der Waals surface area contributed by atoms with E-state index in [1.165, 1.54) is 38.5 Å². The van der Waals surface area contributed by atoms with Crippen molar-refractivity contribution in [2.45, 2.75) is 136 Å². The Bertz CT molecular complexity index is 329. The van der Waals surface area contributed by atoms with Gasteiger partial charge < -0.3 is 14.2 Å². The number of ether oxygens (including phenoxy) is 3. The summed E-state index contributed by atoms with van der Waals surface area (Å²) < 4.78 is 19.4. The van der Waals surface area contributed by atoms with Crippen molar-refractivity contribution in [2.75, 3.05) is 19.8 Å². The summed E-state index contributed by atoms with van der Waals surface area (Å²) in [6.45, 7) is 14.9. The summed E-state index contributed by atoms with van der Waals surface area (Å²) in [6, 6.07) is 0. The largest absolute Gasteiger partial charge is 0.327 e. The molecule has 0 aromatic rings. The molecule has 0 N–H and O–H groups in total. The van der Waals surface area contributed by atoms with E-state index in [1.807, 2.05) is 6.08 Å². The fourth-order valence-corrected chi connectivity index (χ4v) is 3.73. The van der Waals surface area contributed by atoms with E-state index in [9.17, 15) is 0 Å². The third-order valence-corrected chi connectivity index (χ3v) is 5.77. The van der Waals surface area contributed by atoms with E-state index in [1.54, 1.807) is 0 Å². The van der Waals surface area contributed by atoms with E-state index < -0.39 is 5.97 Å². The second kappa shape index (κ2) is 21.8. The Morgan fingerprint density at radius 2 is 1.03 bits per heavy atom. The maximum Gasteiger partial charge on any atom is 0.285 e. The van der Waals surface area contributed by atoms with Crippen LogP contribution in [0.3, 0.4) is 0 Å². The summed E-state index contributed by atoms with van der Waals surface area (Å²) in [7, 11) is 0. The van der Waals surface area contributed by atoms with Gasteiger partial charge in [-0.15, -0.1) is 6.58 Å². The van der Waals surface area contributed by atoms with Gasteiger partial charge >= 0.3 is 0 Å². The van der Waals surface area contributed by atoms with Crippen LogP contribution in [0.5, 0.6) is 0 Å². The summed E-state index contributed by atoms with van der Waals surface area (Å²) in [6.07, 6.45) is 20.8. The van der Waals surface area contributed by atoms with E-state index in [2.05, 4.69) is 34.3 Å². The first kappa shape index (κ1) is 29.6. The zero-order chi connectivity index (χ0) is 22.3. The van der Waals surface area contributed by atoms with Crippen molar-refractivity contribution in [3.8, 4) is 0 Å². The van der Waals surface area contributed by atoms with Crippen LogP contribution < -0.4 is 0 Å². The quantitative estimate of drug-likeness (QED) is 0.0876. The summed E-state index contributed by atoms with van der Waals surface area (Å²) in [4.78, 5) is 0. The lowest BCUT2D eigenvalue weighted by atomic mass is 9.92. The molecule has 180 valence electrons. The number of rotatable bonds is 24. The molecule has 0 aliphatic heterocycles. The fraction of sp³-hybridized carbons (Fsp3) is 0.926. The minimum atomic E-state index is -0.871. The summed E-state index contributed by atoms with van der Waals surface area (Å²) >= 11 is 0. The van der Waals surface area contributed by atoms with Gasteiger partial charge in [-0.25, -0.2) is 0 Å². The van der Waals surface area contributed by atoms with Crippen LogP contribution in [0, 0.1) is 5.92 Å². The number of hydrogen-bond donors (Lipinski definition) is 0. The second-order valence-corrected chi connectivity index (χ2v) is 8.68. The fourth-order valence-electron chi connectivity index (χ4n) is 3.73. The predicted molar refractivity (Wildman–Crippen MR) is 131 cm³/mol. The molecule has 0 spiro atoms. The summed E-state index contributed by atoms with van der Waals surface area (Å²) in [5, 5.41) is 0. The van der Waals surface area contributed by atoms with Crippen molar-refractivity contribution in [1.29, 1.82) is 0 Å². The monoisotopic (exact) mass is 426 g/mol. The molecule has 30 heavy (non-hydrogen) atoms. The minimum Gasteiger partial charge on any atom is -0.327 e. The highest BCUT2D eigenvalue weighted by molar-refractivity contribution is 4.76. The van der Waals surface area contributed by atoms with Crippen LogP contribution in [0.1, 0.15) is 130 Å². The molecule has 0 aromatic heterocycles. The molecule has 1 atom stereocenters. The first-order valence-corrected chi connectivity index (χ1v) is 13.2. The van der Waals surface area contributed by atoms with Gasteiger partial charge in [-0.2, -0.15) is 0 Å². The van der Waals surface area contributed by atoms with Gasteiger partial charge in [0.2, 0.25) is 0 Å². The molecule has 0 saturated heterocycles. The molecule has 0 saturated carbocycles. The van der Waals surface area contributed by atoms with E-state index in [0.29, 0.717) is 19.8 Å². The third kappa shape index (κ3) is 14.6. The Labute approximate surface area is 189 Å². The van der Waals surface area contributed by atoms with Crippen molar-refractivity contribution in [3.05, 3.63) is 12.7 Å². The second-order valence-electron chi connectivity index (χ2n) is 8.68. The molecule has 0 aliphatic rings. The van der Waals surface area contributed by atoms with Crippen LogP contribution in [0.15, 0.2) is 12.7 Å². The lowest BCUT2D eigenvalue weighted by molar-refractivity contribution is -0.407. The molecular formula is C27H54O3. The van der Waals surface area contributed by atoms with Crippen molar-refractivity contribution in [1.82, 2.24) is 0 Å². The summed E-state index contributed by atoms with van der Waals surface area (Å²) in [5.74, 6) is -0.585. The molecule has 0 fully saturated rings. The Morgan fingerprint density at radius 1 is 0.600 bits per heavy atom. The van der Waals surface area contributed by atoms with Crippen molar-refractivity contribution in [2.24, 2.45) is 5.92 Å². The van der Waals surface area contributed by atoms with Gasteiger partial charge in [0, 0.05) is 5.92 Å². The Kier molecular flexibility index (Phi) is 21.6. The highest BCUT2D eigenvalue weighted by Gasteiger charge is 2.42. The van der Waals surface area contributed by atoms with Gasteiger partial charge in [-0.1, -0.05) is 91.6 Å². The maximum absolute atomic E-state index is 6.48. The lowest BCUT2D eigenvalue weighted by Crippen LogP contribution is -2.47. The zero-order valence-corrected chi connectivity index (χ0v) is 21.0. The van der Waals surface area contributed by atoms with Crippen molar-refractivity contribution < 1.29 is 14.2 Å². The van der Waals surface area contributed by atoms with E-state index >= 15 is 0 Å². The first-order valence-electron chi connectivity index (χ1n) is 13.2. The van der Waals surface area contributed by atoms with Crippen LogP contribution >= 0.6 is 0 Å². The zero-order valence-electron chi connectivity index (χ0n) is 21.0.